The number of Topliss-reactive ketones (excluding diaryl/α,β-unsaturated/α-hetero) is 1. The fraction of sp³-hybridized carbons (Fsp3) is 0.176. The standard InChI is InChI=1S/C17H14O3/c18-15-11-12-17(20-15,14-9-5-2-6-10-14)16(19)13-7-3-1-4-8-13/h1-10H,11-12H2. The summed E-state index contributed by atoms with van der Waals surface area (Å²) in [5.41, 5.74) is 0.130. The van der Waals surface area contributed by atoms with E-state index in [-0.39, 0.29) is 18.2 Å². The Balaban J connectivity index is 2.08. The number of ketones is 1. The zero-order valence-electron chi connectivity index (χ0n) is 10.9. The van der Waals surface area contributed by atoms with Crippen molar-refractivity contribution < 1.29 is 14.3 Å². The van der Waals surface area contributed by atoms with Gasteiger partial charge in [0.1, 0.15) is 0 Å². The molecule has 1 aliphatic heterocycles. The van der Waals surface area contributed by atoms with E-state index in [1.807, 2.05) is 48.5 Å². The van der Waals surface area contributed by atoms with E-state index < -0.39 is 5.60 Å². The van der Waals surface area contributed by atoms with Crippen LogP contribution in [0.4, 0.5) is 0 Å². The average molecular weight is 266 g/mol. The van der Waals surface area contributed by atoms with Gasteiger partial charge in [0, 0.05) is 17.5 Å². The predicted molar refractivity (Wildman–Crippen MR) is 74.2 cm³/mol. The second kappa shape index (κ2) is 4.93. The van der Waals surface area contributed by atoms with Crippen molar-refractivity contribution in [2.24, 2.45) is 0 Å². The summed E-state index contributed by atoms with van der Waals surface area (Å²) in [6, 6.07) is 18.2. The van der Waals surface area contributed by atoms with Gasteiger partial charge in [-0.2, -0.15) is 0 Å². The fourth-order valence-corrected chi connectivity index (χ4v) is 2.60. The van der Waals surface area contributed by atoms with Crippen LogP contribution in [0.2, 0.25) is 0 Å². The molecular weight excluding hydrogens is 252 g/mol. The van der Waals surface area contributed by atoms with E-state index in [0.717, 1.165) is 5.56 Å². The summed E-state index contributed by atoms with van der Waals surface area (Å²) < 4.78 is 5.46. The van der Waals surface area contributed by atoms with Gasteiger partial charge < -0.3 is 4.74 Å². The molecule has 3 heteroatoms. The van der Waals surface area contributed by atoms with Crippen LogP contribution in [0.1, 0.15) is 28.8 Å². The number of ether oxygens (including phenoxy) is 1. The van der Waals surface area contributed by atoms with E-state index in [2.05, 4.69) is 0 Å². The molecule has 1 heterocycles. The Labute approximate surface area is 117 Å². The number of rotatable bonds is 3. The normalized spacial score (nSPS) is 21.5. The molecule has 0 aromatic heterocycles. The summed E-state index contributed by atoms with van der Waals surface area (Å²) in [4.78, 5) is 24.4. The quantitative estimate of drug-likeness (QED) is 0.633. The molecule has 1 aliphatic rings. The average Bonchev–Trinajstić information content (AvgIpc) is 2.92. The zero-order valence-corrected chi connectivity index (χ0v) is 10.9. The third-order valence-corrected chi connectivity index (χ3v) is 3.61. The first kappa shape index (κ1) is 12.6. The van der Waals surface area contributed by atoms with Gasteiger partial charge in [-0.25, -0.2) is 0 Å². The van der Waals surface area contributed by atoms with Crippen LogP contribution in [0.5, 0.6) is 0 Å². The predicted octanol–water partition coefficient (Wildman–Crippen LogP) is 3.10. The van der Waals surface area contributed by atoms with E-state index in [1.165, 1.54) is 0 Å². The summed E-state index contributed by atoms with van der Waals surface area (Å²) in [5.74, 6) is -0.478. The SMILES string of the molecule is O=C1CCC(C(=O)c2ccccc2)(c2ccccc2)O1. The number of hydrogen-bond acceptors (Lipinski definition) is 3. The molecule has 3 rings (SSSR count). The highest BCUT2D eigenvalue weighted by atomic mass is 16.6. The Morgan fingerprint density at radius 3 is 2.10 bits per heavy atom. The molecule has 0 radical (unpaired) electrons. The smallest absolute Gasteiger partial charge is 0.307 e. The largest absolute Gasteiger partial charge is 0.446 e. The van der Waals surface area contributed by atoms with Crippen molar-refractivity contribution in [1.29, 1.82) is 0 Å². The van der Waals surface area contributed by atoms with Crippen molar-refractivity contribution in [2.45, 2.75) is 18.4 Å². The molecule has 0 saturated carbocycles. The second-order valence-corrected chi connectivity index (χ2v) is 4.86. The molecule has 0 spiro atoms. The molecule has 3 nitrogen and oxygen atoms in total. The Bertz CT molecular complexity index is 634. The Morgan fingerprint density at radius 2 is 1.55 bits per heavy atom. The van der Waals surface area contributed by atoms with Gasteiger partial charge in [0.2, 0.25) is 5.78 Å². The maximum atomic E-state index is 12.8. The molecular formula is C17H14O3. The van der Waals surface area contributed by atoms with Gasteiger partial charge in [-0.1, -0.05) is 60.7 Å². The van der Waals surface area contributed by atoms with E-state index >= 15 is 0 Å². The maximum absolute atomic E-state index is 12.8. The molecule has 1 atom stereocenters. The number of esters is 1. The maximum Gasteiger partial charge on any atom is 0.307 e. The van der Waals surface area contributed by atoms with Crippen molar-refractivity contribution in [3.05, 3.63) is 71.8 Å². The van der Waals surface area contributed by atoms with Gasteiger partial charge in [-0.15, -0.1) is 0 Å². The summed E-state index contributed by atoms with van der Waals surface area (Å²) in [5, 5.41) is 0. The van der Waals surface area contributed by atoms with Crippen LogP contribution in [-0.4, -0.2) is 11.8 Å². The molecule has 2 aromatic rings. The molecule has 0 N–H and O–H groups in total. The van der Waals surface area contributed by atoms with Crippen LogP contribution in [0, 0.1) is 0 Å². The van der Waals surface area contributed by atoms with Crippen LogP contribution in [-0.2, 0) is 15.1 Å². The molecule has 1 fully saturated rings. The van der Waals surface area contributed by atoms with Crippen LogP contribution >= 0.6 is 0 Å². The molecule has 2 aromatic carbocycles. The highest BCUT2D eigenvalue weighted by Crippen LogP contribution is 2.39. The van der Waals surface area contributed by atoms with Crippen LogP contribution in [0.3, 0.4) is 0 Å². The third kappa shape index (κ3) is 2.01. The summed E-state index contributed by atoms with van der Waals surface area (Å²) >= 11 is 0. The first-order chi connectivity index (χ1) is 9.72. The zero-order chi connectivity index (χ0) is 14.0. The third-order valence-electron chi connectivity index (χ3n) is 3.61. The van der Waals surface area contributed by atoms with Gasteiger partial charge in [0.25, 0.3) is 0 Å². The molecule has 100 valence electrons. The minimum Gasteiger partial charge on any atom is -0.446 e. The van der Waals surface area contributed by atoms with E-state index in [9.17, 15) is 9.59 Å². The summed E-state index contributed by atoms with van der Waals surface area (Å²) in [7, 11) is 0. The first-order valence-electron chi connectivity index (χ1n) is 6.59. The molecule has 0 aliphatic carbocycles. The van der Waals surface area contributed by atoms with Crippen LogP contribution < -0.4 is 0 Å². The summed E-state index contributed by atoms with van der Waals surface area (Å²) in [6.07, 6.45) is 0.664. The van der Waals surface area contributed by atoms with Gasteiger partial charge in [0.05, 0.1) is 6.42 Å². The van der Waals surface area contributed by atoms with E-state index in [1.54, 1.807) is 12.1 Å². The molecule has 1 unspecified atom stereocenters. The Kier molecular flexibility index (Phi) is 3.11. The van der Waals surface area contributed by atoms with E-state index in [4.69, 9.17) is 4.74 Å². The number of hydrogen-bond donors (Lipinski definition) is 0. The highest BCUT2D eigenvalue weighted by Gasteiger charge is 2.48. The molecule has 0 bridgehead atoms. The lowest BCUT2D eigenvalue weighted by molar-refractivity contribution is -0.146. The van der Waals surface area contributed by atoms with Crippen molar-refractivity contribution in [1.82, 2.24) is 0 Å². The molecule has 0 amide bonds. The van der Waals surface area contributed by atoms with Gasteiger partial charge in [-0.3, -0.25) is 9.59 Å². The van der Waals surface area contributed by atoms with Gasteiger partial charge >= 0.3 is 5.97 Å². The lowest BCUT2D eigenvalue weighted by Gasteiger charge is -2.26. The summed E-state index contributed by atoms with van der Waals surface area (Å²) in [6.45, 7) is 0. The van der Waals surface area contributed by atoms with E-state index in [0.29, 0.717) is 12.0 Å². The van der Waals surface area contributed by atoms with Crippen LogP contribution in [0.15, 0.2) is 60.7 Å². The van der Waals surface area contributed by atoms with Gasteiger partial charge in [-0.05, 0) is 0 Å². The molecule has 20 heavy (non-hydrogen) atoms. The lowest BCUT2D eigenvalue weighted by atomic mass is 9.83. The number of carbonyl (C=O) groups is 2. The minimum absolute atomic E-state index is 0.157. The Morgan fingerprint density at radius 1 is 0.950 bits per heavy atom. The van der Waals surface area contributed by atoms with Crippen molar-refractivity contribution >= 4 is 11.8 Å². The van der Waals surface area contributed by atoms with Crippen molar-refractivity contribution in [3.8, 4) is 0 Å². The second-order valence-electron chi connectivity index (χ2n) is 4.86. The Hall–Kier alpha value is -2.42. The van der Waals surface area contributed by atoms with Gasteiger partial charge in [0.15, 0.2) is 5.60 Å². The minimum atomic E-state index is -1.17. The number of benzene rings is 2. The topological polar surface area (TPSA) is 43.4 Å². The van der Waals surface area contributed by atoms with Crippen molar-refractivity contribution in [2.75, 3.05) is 0 Å². The van der Waals surface area contributed by atoms with Crippen LogP contribution in [0.25, 0.3) is 0 Å². The molecule has 1 saturated heterocycles. The number of carbonyl (C=O) groups excluding carboxylic acids is 2. The fourth-order valence-electron chi connectivity index (χ4n) is 2.60. The number of cyclic esters (lactones) is 1. The monoisotopic (exact) mass is 266 g/mol. The highest BCUT2D eigenvalue weighted by molar-refractivity contribution is 6.05. The lowest BCUT2D eigenvalue weighted by Crippen LogP contribution is -2.35. The first-order valence-corrected chi connectivity index (χ1v) is 6.59. The van der Waals surface area contributed by atoms with Crippen molar-refractivity contribution in [3.63, 3.8) is 0 Å².